The normalized spacial score (nSPS) is 16.8. The minimum atomic E-state index is -0.631. The zero-order valence-corrected chi connectivity index (χ0v) is 12.0. The van der Waals surface area contributed by atoms with Gasteiger partial charge in [-0.05, 0) is 22.9 Å². The number of esters is 1. The van der Waals surface area contributed by atoms with Crippen molar-refractivity contribution in [3.8, 4) is 0 Å². The summed E-state index contributed by atoms with van der Waals surface area (Å²) in [5.41, 5.74) is 1.87. The van der Waals surface area contributed by atoms with Crippen LogP contribution in [0.15, 0.2) is 40.6 Å². The lowest BCUT2D eigenvalue weighted by molar-refractivity contribution is -0.135. The molecule has 0 aromatic heterocycles. The van der Waals surface area contributed by atoms with Gasteiger partial charge in [0.2, 0.25) is 5.78 Å². The molecule has 4 nitrogen and oxygen atoms in total. The summed E-state index contributed by atoms with van der Waals surface area (Å²) in [5.74, 6) is -0.649. The molecule has 0 aliphatic carbocycles. The summed E-state index contributed by atoms with van der Waals surface area (Å²) in [7, 11) is 1.24. The summed E-state index contributed by atoms with van der Waals surface area (Å²) >= 11 is 3.19. The van der Waals surface area contributed by atoms with Gasteiger partial charge in [0.15, 0.2) is 11.5 Å². The Kier molecular flexibility index (Phi) is 3.85. The van der Waals surface area contributed by atoms with Crippen molar-refractivity contribution in [3.05, 3.63) is 51.7 Å². The van der Waals surface area contributed by atoms with Crippen molar-refractivity contribution in [1.29, 1.82) is 0 Å². The van der Waals surface area contributed by atoms with Crippen LogP contribution in [0.25, 0.3) is 5.76 Å². The van der Waals surface area contributed by atoms with Gasteiger partial charge < -0.3 is 9.47 Å². The molecule has 0 spiro atoms. The SMILES string of the molecule is COC(=O)/C=C1\OC(c2ccc(C)cc2)=C(Br)C1=O. The number of carbonyl (C=O) groups excluding carboxylic acids is 2. The predicted octanol–water partition coefficient (Wildman–Crippen LogP) is 2.71. The van der Waals surface area contributed by atoms with Crippen LogP contribution in [0.3, 0.4) is 0 Å². The van der Waals surface area contributed by atoms with Crippen LogP contribution in [0.1, 0.15) is 11.1 Å². The monoisotopic (exact) mass is 322 g/mol. The summed E-state index contributed by atoms with van der Waals surface area (Å²) in [6, 6.07) is 7.53. The number of rotatable bonds is 2. The molecule has 1 aromatic rings. The van der Waals surface area contributed by atoms with Gasteiger partial charge in [0.1, 0.15) is 4.48 Å². The predicted molar refractivity (Wildman–Crippen MR) is 73.2 cm³/mol. The lowest BCUT2D eigenvalue weighted by Gasteiger charge is -2.04. The maximum atomic E-state index is 11.9. The Bertz CT molecular complexity index is 596. The minimum Gasteiger partial charge on any atom is -0.466 e. The molecular weight excluding hydrogens is 312 g/mol. The van der Waals surface area contributed by atoms with Crippen LogP contribution < -0.4 is 0 Å². The van der Waals surface area contributed by atoms with Crippen molar-refractivity contribution < 1.29 is 19.1 Å². The smallest absolute Gasteiger partial charge is 0.334 e. The fourth-order valence-electron chi connectivity index (χ4n) is 1.56. The Morgan fingerprint density at radius 1 is 1.32 bits per heavy atom. The third-order valence-corrected chi connectivity index (χ3v) is 3.32. The van der Waals surface area contributed by atoms with E-state index in [0.29, 0.717) is 10.2 Å². The third kappa shape index (κ3) is 2.76. The molecule has 0 saturated carbocycles. The number of methoxy groups -OCH3 is 1. The molecule has 1 aliphatic heterocycles. The number of ketones is 1. The molecule has 0 saturated heterocycles. The molecule has 0 fully saturated rings. The number of halogens is 1. The molecule has 0 N–H and O–H groups in total. The van der Waals surface area contributed by atoms with Crippen molar-refractivity contribution in [3.63, 3.8) is 0 Å². The van der Waals surface area contributed by atoms with Crippen LogP contribution in [0.4, 0.5) is 0 Å². The summed E-state index contributed by atoms with van der Waals surface area (Å²) in [5, 5.41) is 0. The van der Waals surface area contributed by atoms with E-state index < -0.39 is 5.97 Å². The number of benzene rings is 1. The van der Waals surface area contributed by atoms with Gasteiger partial charge in [-0.15, -0.1) is 0 Å². The first-order valence-electron chi connectivity index (χ1n) is 5.52. The first kappa shape index (κ1) is 13.5. The second-order valence-electron chi connectivity index (χ2n) is 3.97. The summed E-state index contributed by atoms with van der Waals surface area (Å²) in [6.45, 7) is 1.97. The average molecular weight is 323 g/mol. The summed E-state index contributed by atoms with van der Waals surface area (Å²) in [6.07, 6.45) is 1.03. The molecule has 5 heteroatoms. The molecule has 1 aliphatic rings. The highest BCUT2D eigenvalue weighted by atomic mass is 79.9. The van der Waals surface area contributed by atoms with E-state index in [9.17, 15) is 9.59 Å². The largest absolute Gasteiger partial charge is 0.466 e. The van der Waals surface area contributed by atoms with Gasteiger partial charge in [0, 0.05) is 5.56 Å². The van der Waals surface area contributed by atoms with E-state index in [1.54, 1.807) is 0 Å². The first-order valence-corrected chi connectivity index (χ1v) is 6.31. The van der Waals surface area contributed by atoms with Gasteiger partial charge in [-0.1, -0.05) is 29.8 Å². The second-order valence-corrected chi connectivity index (χ2v) is 4.77. The van der Waals surface area contributed by atoms with Gasteiger partial charge in [-0.2, -0.15) is 0 Å². The first-order chi connectivity index (χ1) is 9.02. The van der Waals surface area contributed by atoms with E-state index in [1.165, 1.54) is 7.11 Å². The van der Waals surface area contributed by atoms with Crippen molar-refractivity contribution in [2.24, 2.45) is 0 Å². The van der Waals surface area contributed by atoms with E-state index in [2.05, 4.69) is 20.7 Å². The Balaban J connectivity index is 2.33. The Morgan fingerprint density at radius 2 is 1.95 bits per heavy atom. The van der Waals surface area contributed by atoms with Gasteiger partial charge in [0.05, 0.1) is 13.2 Å². The molecule has 19 heavy (non-hydrogen) atoms. The van der Waals surface area contributed by atoms with E-state index in [-0.39, 0.29) is 11.5 Å². The number of hydrogen-bond donors (Lipinski definition) is 0. The molecule has 0 unspecified atom stereocenters. The lowest BCUT2D eigenvalue weighted by Crippen LogP contribution is -2.02. The molecule has 0 bridgehead atoms. The maximum Gasteiger partial charge on any atom is 0.334 e. The highest BCUT2D eigenvalue weighted by Gasteiger charge is 2.30. The zero-order chi connectivity index (χ0) is 14.0. The van der Waals surface area contributed by atoms with Crippen molar-refractivity contribution in [2.45, 2.75) is 6.92 Å². The number of carbonyl (C=O) groups is 2. The molecule has 1 aromatic carbocycles. The van der Waals surface area contributed by atoms with Gasteiger partial charge in [-0.3, -0.25) is 4.79 Å². The van der Waals surface area contributed by atoms with Gasteiger partial charge in [-0.25, -0.2) is 4.79 Å². The second kappa shape index (κ2) is 5.40. The number of hydrogen-bond acceptors (Lipinski definition) is 4. The fraction of sp³-hybridized carbons (Fsp3) is 0.143. The number of ether oxygens (including phenoxy) is 2. The van der Waals surface area contributed by atoms with Crippen molar-refractivity contribution in [2.75, 3.05) is 7.11 Å². The third-order valence-electron chi connectivity index (χ3n) is 2.60. The van der Waals surface area contributed by atoms with Crippen LogP contribution in [-0.4, -0.2) is 18.9 Å². The number of aryl methyl sites for hydroxylation is 1. The molecule has 2 rings (SSSR count). The van der Waals surface area contributed by atoms with Crippen LogP contribution in [0.2, 0.25) is 0 Å². The highest BCUT2D eigenvalue weighted by Crippen LogP contribution is 2.35. The van der Waals surface area contributed by atoms with E-state index in [0.717, 1.165) is 17.2 Å². The quantitative estimate of drug-likeness (QED) is 0.620. The van der Waals surface area contributed by atoms with Crippen molar-refractivity contribution >= 4 is 33.4 Å². The number of Topliss-reactive ketones (excluding diaryl/α,β-unsaturated/α-hetero) is 1. The molecule has 98 valence electrons. The van der Waals surface area contributed by atoms with E-state index in [4.69, 9.17) is 4.74 Å². The topological polar surface area (TPSA) is 52.6 Å². The maximum absolute atomic E-state index is 11.9. The van der Waals surface area contributed by atoms with Crippen LogP contribution in [0, 0.1) is 6.92 Å². The Hall–Kier alpha value is -1.88. The molecule has 0 radical (unpaired) electrons. The molecule has 1 heterocycles. The standard InChI is InChI=1S/C14H11BrO4/c1-8-3-5-9(6-4-8)14-12(15)13(17)10(19-14)7-11(16)18-2/h3-7H,1-2H3/b10-7-. The average Bonchev–Trinajstić information content (AvgIpc) is 2.68. The van der Waals surface area contributed by atoms with Crippen LogP contribution >= 0.6 is 15.9 Å². The van der Waals surface area contributed by atoms with Gasteiger partial charge in [0.25, 0.3) is 0 Å². The Labute approximate surface area is 118 Å². The zero-order valence-electron chi connectivity index (χ0n) is 10.4. The lowest BCUT2D eigenvalue weighted by atomic mass is 10.1. The number of allylic oxidation sites excluding steroid dienone is 1. The van der Waals surface area contributed by atoms with Crippen LogP contribution in [0.5, 0.6) is 0 Å². The molecule has 0 amide bonds. The van der Waals surface area contributed by atoms with E-state index in [1.807, 2.05) is 31.2 Å². The summed E-state index contributed by atoms with van der Waals surface area (Å²) in [4.78, 5) is 23.0. The minimum absolute atomic E-state index is 0.0469. The van der Waals surface area contributed by atoms with Crippen LogP contribution in [-0.2, 0) is 19.1 Å². The highest BCUT2D eigenvalue weighted by molar-refractivity contribution is 9.12. The molecule has 0 atom stereocenters. The molecular formula is C14H11BrO4. The van der Waals surface area contributed by atoms with Crippen molar-refractivity contribution in [1.82, 2.24) is 0 Å². The Morgan fingerprint density at radius 3 is 2.53 bits per heavy atom. The summed E-state index contributed by atoms with van der Waals surface area (Å²) < 4.78 is 10.2. The fourth-order valence-corrected chi connectivity index (χ4v) is 2.07. The van der Waals surface area contributed by atoms with E-state index >= 15 is 0 Å². The van der Waals surface area contributed by atoms with Gasteiger partial charge >= 0.3 is 5.97 Å².